The summed E-state index contributed by atoms with van der Waals surface area (Å²) < 4.78 is 24.8. The number of carbonyl (C=O) groups excluding carboxylic acids is 1. The van der Waals surface area contributed by atoms with E-state index in [4.69, 9.17) is 9.47 Å². The molecule has 4 nitrogen and oxygen atoms in total. The van der Waals surface area contributed by atoms with Gasteiger partial charge in [0, 0.05) is 32.4 Å². The Balaban J connectivity index is 1.75. The number of hydrogen-bond donors (Lipinski definition) is 0. The smallest absolute Gasteiger partial charge is 0.254 e. The highest BCUT2D eigenvalue weighted by molar-refractivity contribution is 5.94. The van der Waals surface area contributed by atoms with Gasteiger partial charge in [-0.3, -0.25) is 4.79 Å². The first kappa shape index (κ1) is 14.5. The van der Waals surface area contributed by atoms with E-state index in [1.54, 1.807) is 24.1 Å². The fourth-order valence-electron chi connectivity index (χ4n) is 3.39. The van der Waals surface area contributed by atoms with Crippen LogP contribution in [0.4, 0.5) is 4.39 Å². The third-order valence-corrected chi connectivity index (χ3v) is 4.56. The highest BCUT2D eigenvalue weighted by atomic mass is 19.1. The van der Waals surface area contributed by atoms with Gasteiger partial charge in [-0.05, 0) is 37.5 Å². The van der Waals surface area contributed by atoms with Gasteiger partial charge in [-0.15, -0.1) is 0 Å². The van der Waals surface area contributed by atoms with Crippen LogP contribution in [0.2, 0.25) is 0 Å². The Morgan fingerprint density at radius 3 is 3.00 bits per heavy atom. The van der Waals surface area contributed by atoms with Crippen LogP contribution in [-0.4, -0.2) is 49.3 Å². The Bertz CT molecular complexity index is 528. The lowest BCUT2D eigenvalue weighted by atomic mass is 9.85. The Kier molecular flexibility index (Phi) is 3.95. The third-order valence-electron chi connectivity index (χ3n) is 4.56. The van der Waals surface area contributed by atoms with Crippen molar-refractivity contribution in [2.24, 2.45) is 0 Å². The van der Waals surface area contributed by atoms with Gasteiger partial charge >= 0.3 is 0 Å². The quantitative estimate of drug-likeness (QED) is 0.839. The molecule has 21 heavy (non-hydrogen) atoms. The number of amides is 1. The predicted octanol–water partition coefficient (Wildman–Crippen LogP) is 2.24. The number of rotatable bonds is 2. The number of benzene rings is 1. The van der Waals surface area contributed by atoms with Crippen molar-refractivity contribution in [3.8, 4) is 0 Å². The molecule has 2 fully saturated rings. The molecule has 1 spiro atoms. The fourth-order valence-corrected chi connectivity index (χ4v) is 3.39. The summed E-state index contributed by atoms with van der Waals surface area (Å²) in [6, 6.07) is 5.82. The van der Waals surface area contributed by atoms with Gasteiger partial charge in [-0.1, -0.05) is 6.07 Å². The van der Waals surface area contributed by atoms with E-state index >= 15 is 0 Å². The summed E-state index contributed by atoms with van der Waals surface area (Å²) in [6.45, 7) is 1.87. The van der Waals surface area contributed by atoms with Crippen LogP contribution in [0.15, 0.2) is 24.3 Å². The van der Waals surface area contributed by atoms with E-state index in [1.165, 1.54) is 12.1 Å². The van der Waals surface area contributed by atoms with Crippen LogP contribution in [0.5, 0.6) is 0 Å². The highest BCUT2D eigenvalue weighted by Crippen LogP contribution is 2.37. The average molecular weight is 293 g/mol. The number of methoxy groups -OCH3 is 1. The standard InChI is InChI=1S/C16H20FNO3/c1-20-14-11-18(8-7-16(14)6-3-9-21-16)15(19)12-4-2-5-13(17)10-12/h2,4-5,10,14H,3,6-9,11H2,1H3/t14-,16-/m0/s1. The van der Waals surface area contributed by atoms with Gasteiger partial charge in [0.2, 0.25) is 0 Å². The van der Waals surface area contributed by atoms with Crippen molar-refractivity contribution in [1.82, 2.24) is 4.90 Å². The van der Waals surface area contributed by atoms with Gasteiger partial charge < -0.3 is 14.4 Å². The van der Waals surface area contributed by atoms with Crippen LogP contribution >= 0.6 is 0 Å². The number of carbonyl (C=O) groups is 1. The van der Waals surface area contributed by atoms with Crippen molar-refractivity contribution in [3.05, 3.63) is 35.6 Å². The van der Waals surface area contributed by atoms with E-state index in [-0.39, 0.29) is 17.6 Å². The summed E-state index contributed by atoms with van der Waals surface area (Å²) in [4.78, 5) is 14.2. The van der Waals surface area contributed by atoms with E-state index in [0.29, 0.717) is 18.7 Å². The van der Waals surface area contributed by atoms with Gasteiger partial charge in [0.05, 0.1) is 5.60 Å². The van der Waals surface area contributed by atoms with Gasteiger partial charge in [-0.25, -0.2) is 4.39 Å². The maximum Gasteiger partial charge on any atom is 0.254 e. The molecule has 0 aliphatic carbocycles. The Morgan fingerprint density at radius 2 is 2.33 bits per heavy atom. The molecule has 1 amide bonds. The zero-order chi connectivity index (χ0) is 14.9. The number of halogens is 1. The summed E-state index contributed by atoms with van der Waals surface area (Å²) in [6.07, 6.45) is 2.67. The van der Waals surface area contributed by atoms with E-state index in [0.717, 1.165) is 25.9 Å². The molecule has 3 rings (SSSR count). The van der Waals surface area contributed by atoms with Gasteiger partial charge in [-0.2, -0.15) is 0 Å². The van der Waals surface area contributed by atoms with Crippen molar-refractivity contribution in [3.63, 3.8) is 0 Å². The molecule has 0 N–H and O–H groups in total. The Labute approximate surface area is 123 Å². The lowest BCUT2D eigenvalue weighted by molar-refractivity contribution is -0.136. The molecule has 2 atom stereocenters. The number of nitrogens with zero attached hydrogens (tertiary/aromatic N) is 1. The summed E-state index contributed by atoms with van der Waals surface area (Å²) in [5, 5.41) is 0. The van der Waals surface area contributed by atoms with E-state index in [9.17, 15) is 9.18 Å². The molecular formula is C16H20FNO3. The second kappa shape index (κ2) is 5.73. The summed E-state index contributed by atoms with van der Waals surface area (Å²) in [5.74, 6) is -0.541. The number of likely N-dealkylation sites (tertiary alicyclic amines) is 1. The van der Waals surface area contributed by atoms with Gasteiger partial charge in [0.25, 0.3) is 5.91 Å². The van der Waals surface area contributed by atoms with E-state index < -0.39 is 5.82 Å². The van der Waals surface area contributed by atoms with Crippen molar-refractivity contribution in [2.75, 3.05) is 26.8 Å². The van der Waals surface area contributed by atoms with Crippen LogP contribution < -0.4 is 0 Å². The van der Waals surface area contributed by atoms with Crippen molar-refractivity contribution in [2.45, 2.75) is 31.0 Å². The van der Waals surface area contributed by atoms with Crippen LogP contribution in [0.25, 0.3) is 0 Å². The summed E-state index contributed by atoms with van der Waals surface area (Å²) in [5.41, 5.74) is 0.140. The first-order valence-electron chi connectivity index (χ1n) is 7.36. The lowest BCUT2D eigenvalue weighted by Crippen LogP contribution is -2.57. The molecule has 2 saturated heterocycles. The average Bonchev–Trinajstić information content (AvgIpc) is 2.96. The fraction of sp³-hybridized carbons (Fsp3) is 0.562. The SMILES string of the molecule is CO[C@H]1CN(C(=O)c2cccc(F)c2)CC[C@@]12CCCO2. The highest BCUT2D eigenvalue weighted by Gasteiger charge is 2.47. The zero-order valence-corrected chi connectivity index (χ0v) is 12.2. The second-order valence-electron chi connectivity index (χ2n) is 5.75. The predicted molar refractivity (Wildman–Crippen MR) is 75.6 cm³/mol. The Morgan fingerprint density at radius 1 is 1.48 bits per heavy atom. The van der Waals surface area contributed by atoms with E-state index in [1.807, 2.05) is 0 Å². The molecule has 2 heterocycles. The topological polar surface area (TPSA) is 38.8 Å². The largest absolute Gasteiger partial charge is 0.377 e. The number of ether oxygens (including phenoxy) is 2. The van der Waals surface area contributed by atoms with Crippen LogP contribution in [0, 0.1) is 5.82 Å². The minimum Gasteiger partial charge on any atom is -0.377 e. The molecule has 114 valence electrons. The van der Waals surface area contributed by atoms with Crippen molar-refractivity contribution >= 4 is 5.91 Å². The Hall–Kier alpha value is -1.46. The van der Waals surface area contributed by atoms with Crippen molar-refractivity contribution in [1.29, 1.82) is 0 Å². The van der Waals surface area contributed by atoms with Crippen LogP contribution in [-0.2, 0) is 9.47 Å². The van der Waals surface area contributed by atoms with E-state index in [2.05, 4.69) is 0 Å². The normalized spacial score (nSPS) is 29.0. The molecule has 1 aromatic rings. The maximum absolute atomic E-state index is 13.3. The molecule has 0 radical (unpaired) electrons. The summed E-state index contributed by atoms with van der Waals surface area (Å²) in [7, 11) is 1.66. The van der Waals surface area contributed by atoms with Gasteiger partial charge in [0.1, 0.15) is 11.9 Å². The molecular weight excluding hydrogens is 273 g/mol. The molecule has 0 bridgehead atoms. The molecule has 2 aliphatic heterocycles. The lowest BCUT2D eigenvalue weighted by Gasteiger charge is -2.44. The number of piperidine rings is 1. The molecule has 1 aromatic carbocycles. The molecule has 0 saturated carbocycles. The minimum absolute atomic E-state index is 0.119. The van der Waals surface area contributed by atoms with Gasteiger partial charge in [0.15, 0.2) is 0 Å². The zero-order valence-electron chi connectivity index (χ0n) is 12.2. The number of hydrogen-bond acceptors (Lipinski definition) is 3. The first-order valence-corrected chi connectivity index (χ1v) is 7.36. The summed E-state index contributed by atoms with van der Waals surface area (Å²) >= 11 is 0. The van der Waals surface area contributed by atoms with Crippen LogP contribution in [0.1, 0.15) is 29.6 Å². The molecule has 0 unspecified atom stereocenters. The first-order chi connectivity index (χ1) is 10.1. The molecule has 5 heteroatoms. The van der Waals surface area contributed by atoms with Crippen molar-refractivity contribution < 1.29 is 18.7 Å². The minimum atomic E-state index is -0.392. The second-order valence-corrected chi connectivity index (χ2v) is 5.75. The molecule has 0 aromatic heterocycles. The third kappa shape index (κ3) is 2.68. The molecule has 2 aliphatic rings. The maximum atomic E-state index is 13.3. The van der Waals surface area contributed by atoms with Crippen LogP contribution in [0.3, 0.4) is 0 Å². The monoisotopic (exact) mass is 293 g/mol.